The lowest BCUT2D eigenvalue weighted by molar-refractivity contribution is 0.102. The Labute approximate surface area is 128 Å². The molecule has 2 aromatic rings. The zero-order valence-corrected chi connectivity index (χ0v) is 12.6. The van der Waals surface area contributed by atoms with E-state index in [0.29, 0.717) is 17.8 Å². The maximum absolute atomic E-state index is 13.0. The summed E-state index contributed by atoms with van der Waals surface area (Å²) in [5, 5.41) is 6.01. The number of carbonyl (C=O) groups excluding carboxylic acids is 1. The molecule has 5 heteroatoms. The summed E-state index contributed by atoms with van der Waals surface area (Å²) in [5.41, 5.74) is 2.63. The Balaban J connectivity index is 2.29. The highest BCUT2D eigenvalue weighted by atomic mass is 35.5. The van der Waals surface area contributed by atoms with Crippen molar-refractivity contribution in [2.24, 2.45) is 0 Å². The van der Waals surface area contributed by atoms with Gasteiger partial charge >= 0.3 is 0 Å². The summed E-state index contributed by atoms with van der Waals surface area (Å²) >= 11 is 5.92. The van der Waals surface area contributed by atoms with Crippen molar-refractivity contribution in [2.75, 3.05) is 17.2 Å². The molecule has 0 saturated heterocycles. The first-order chi connectivity index (χ1) is 10.0. The molecule has 0 aliphatic rings. The molecular formula is C16H16ClFN2O. The van der Waals surface area contributed by atoms with Crippen LogP contribution in [0.5, 0.6) is 0 Å². The van der Waals surface area contributed by atoms with Gasteiger partial charge in [0.2, 0.25) is 0 Å². The van der Waals surface area contributed by atoms with Crippen molar-refractivity contribution in [2.45, 2.75) is 13.8 Å². The zero-order chi connectivity index (χ0) is 15.4. The summed E-state index contributed by atoms with van der Waals surface area (Å²) in [4.78, 5) is 12.4. The van der Waals surface area contributed by atoms with Crippen LogP contribution in [0.25, 0.3) is 0 Å². The molecule has 0 saturated carbocycles. The standard InChI is InChI=1S/C16H16ClFN2O/c1-3-19-14-6-4-10(2)8-12(14)16(21)20-15-7-5-11(18)9-13(15)17/h4-9,19H,3H2,1-2H3,(H,20,21). The number of nitrogens with one attached hydrogen (secondary N) is 2. The van der Waals surface area contributed by atoms with Crippen LogP contribution in [0.4, 0.5) is 15.8 Å². The van der Waals surface area contributed by atoms with Gasteiger partial charge in [-0.2, -0.15) is 0 Å². The van der Waals surface area contributed by atoms with Crippen molar-refractivity contribution in [1.29, 1.82) is 0 Å². The van der Waals surface area contributed by atoms with Crippen molar-refractivity contribution in [1.82, 2.24) is 0 Å². The molecule has 0 aliphatic heterocycles. The van der Waals surface area contributed by atoms with Crippen LogP contribution in [-0.2, 0) is 0 Å². The van der Waals surface area contributed by atoms with Gasteiger partial charge in [-0.25, -0.2) is 4.39 Å². The van der Waals surface area contributed by atoms with E-state index in [-0.39, 0.29) is 10.9 Å². The van der Waals surface area contributed by atoms with Crippen molar-refractivity contribution >= 4 is 28.9 Å². The lowest BCUT2D eigenvalue weighted by Gasteiger charge is -2.13. The maximum Gasteiger partial charge on any atom is 0.257 e. The summed E-state index contributed by atoms with van der Waals surface area (Å²) < 4.78 is 13.0. The molecule has 0 aromatic heterocycles. The smallest absolute Gasteiger partial charge is 0.257 e. The molecule has 0 radical (unpaired) electrons. The van der Waals surface area contributed by atoms with Crippen LogP contribution in [0.3, 0.4) is 0 Å². The number of rotatable bonds is 4. The molecule has 21 heavy (non-hydrogen) atoms. The van der Waals surface area contributed by atoms with Gasteiger partial charge in [0.05, 0.1) is 16.3 Å². The normalized spacial score (nSPS) is 10.3. The number of aryl methyl sites for hydroxylation is 1. The van der Waals surface area contributed by atoms with Crippen LogP contribution >= 0.6 is 11.6 Å². The number of hydrogen-bond acceptors (Lipinski definition) is 2. The van der Waals surface area contributed by atoms with Gasteiger partial charge in [-0.3, -0.25) is 4.79 Å². The summed E-state index contributed by atoms with van der Waals surface area (Å²) in [7, 11) is 0. The first-order valence-electron chi connectivity index (χ1n) is 6.62. The summed E-state index contributed by atoms with van der Waals surface area (Å²) in [6, 6.07) is 9.45. The van der Waals surface area contributed by atoms with E-state index in [4.69, 9.17) is 11.6 Å². The van der Waals surface area contributed by atoms with Crippen molar-refractivity contribution in [3.05, 3.63) is 58.4 Å². The third kappa shape index (κ3) is 3.73. The summed E-state index contributed by atoms with van der Waals surface area (Å²) in [6.45, 7) is 4.58. The molecule has 2 rings (SSSR count). The van der Waals surface area contributed by atoms with Crippen LogP contribution in [0.1, 0.15) is 22.8 Å². The third-order valence-corrected chi connectivity index (χ3v) is 3.28. The Hall–Kier alpha value is -2.07. The van der Waals surface area contributed by atoms with E-state index in [2.05, 4.69) is 10.6 Å². The lowest BCUT2D eigenvalue weighted by atomic mass is 10.1. The number of halogens is 2. The molecular weight excluding hydrogens is 291 g/mol. The molecule has 3 nitrogen and oxygen atoms in total. The second kappa shape index (κ2) is 6.59. The van der Waals surface area contributed by atoms with Gasteiger partial charge in [0.1, 0.15) is 5.82 Å². The minimum Gasteiger partial charge on any atom is -0.385 e. The number of hydrogen-bond donors (Lipinski definition) is 2. The lowest BCUT2D eigenvalue weighted by Crippen LogP contribution is -2.15. The molecule has 0 aliphatic carbocycles. The maximum atomic E-state index is 13.0. The SMILES string of the molecule is CCNc1ccc(C)cc1C(=O)Nc1ccc(F)cc1Cl. The minimum atomic E-state index is -0.443. The Morgan fingerprint density at radius 2 is 1.90 bits per heavy atom. The van der Waals surface area contributed by atoms with E-state index in [9.17, 15) is 9.18 Å². The van der Waals surface area contributed by atoms with Gasteiger partial charge in [-0.1, -0.05) is 23.2 Å². The van der Waals surface area contributed by atoms with E-state index in [0.717, 1.165) is 11.3 Å². The van der Waals surface area contributed by atoms with E-state index < -0.39 is 5.82 Å². The van der Waals surface area contributed by atoms with Crippen molar-refractivity contribution in [3.63, 3.8) is 0 Å². The van der Waals surface area contributed by atoms with Gasteiger partial charge in [0.15, 0.2) is 0 Å². The highest BCUT2D eigenvalue weighted by Crippen LogP contribution is 2.25. The van der Waals surface area contributed by atoms with Gasteiger partial charge in [0.25, 0.3) is 5.91 Å². The second-order valence-corrected chi connectivity index (χ2v) is 5.06. The predicted octanol–water partition coefficient (Wildman–Crippen LogP) is 4.47. The molecule has 0 spiro atoms. The van der Waals surface area contributed by atoms with Crippen molar-refractivity contribution < 1.29 is 9.18 Å². The topological polar surface area (TPSA) is 41.1 Å². The molecule has 0 heterocycles. The monoisotopic (exact) mass is 306 g/mol. The highest BCUT2D eigenvalue weighted by Gasteiger charge is 2.13. The van der Waals surface area contributed by atoms with Crippen LogP contribution < -0.4 is 10.6 Å². The molecule has 0 unspecified atom stereocenters. The molecule has 110 valence electrons. The Morgan fingerprint density at radius 3 is 2.57 bits per heavy atom. The van der Waals surface area contributed by atoms with E-state index in [1.165, 1.54) is 18.2 Å². The van der Waals surface area contributed by atoms with Crippen LogP contribution in [-0.4, -0.2) is 12.5 Å². The number of benzene rings is 2. The minimum absolute atomic E-state index is 0.168. The van der Waals surface area contributed by atoms with E-state index >= 15 is 0 Å². The average Bonchev–Trinajstić information content (AvgIpc) is 2.44. The molecule has 2 N–H and O–H groups in total. The van der Waals surface area contributed by atoms with E-state index in [1.54, 1.807) is 6.07 Å². The molecule has 0 atom stereocenters. The Kier molecular flexibility index (Phi) is 4.81. The fourth-order valence-electron chi connectivity index (χ4n) is 1.97. The molecule has 0 fully saturated rings. The van der Waals surface area contributed by atoms with Crippen LogP contribution in [0.2, 0.25) is 5.02 Å². The summed E-state index contributed by atoms with van der Waals surface area (Å²) in [6.07, 6.45) is 0. The van der Waals surface area contributed by atoms with Crippen LogP contribution in [0.15, 0.2) is 36.4 Å². The predicted molar refractivity (Wildman–Crippen MR) is 84.7 cm³/mol. The largest absolute Gasteiger partial charge is 0.385 e. The second-order valence-electron chi connectivity index (χ2n) is 4.66. The van der Waals surface area contributed by atoms with Crippen LogP contribution in [0, 0.1) is 12.7 Å². The average molecular weight is 307 g/mol. The number of carbonyl (C=O) groups is 1. The Bertz CT molecular complexity index is 673. The fourth-order valence-corrected chi connectivity index (χ4v) is 2.19. The fraction of sp³-hybridized carbons (Fsp3) is 0.188. The first kappa shape index (κ1) is 15.3. The number of anilines is 2. The molecule has 0 bridgehead atoms. The zero-order valence-electron chi connectivity index (χ0n) is 11.8. The van der Waals surface area contributed by atoms with Gasteiger partial charge in [-0.05, 0) is 44.2 Å². The van der Waals surface area contributed by atoms with Gasteiger partial charge in [-0.15, -0.1) is 0 Å². The molecule has 2 aromatic carbocycles. The van der Waals surface area contributed by atoms with Gasteiger partial charge in [0, 0.05) is 12.2 Å². The van der Waals surface area contributed by atoms with E-state index in [1.807, 2.05) is 26.0 Å². The quantitative estimate of drug-likeness (QED) is 0.875. The Morgan fingerprint density at radius 1 is 1.19 bits per heavy atom. The number of amides is 1. The highest BCUT2D eigenvalue weighted by molar-refractivity contribution is 6.34. The summed E-state index contributed by atoms with van der Waals surface area (Å²) in [5.74, 6) is -0.731. The van der Waals surface area contributed by atoms with Gasteiger partial charge < -0.3 is 10.6 Å². The third-order valence-electron chi connectivity index (χ3n) is 2.97. The molecule has 1 amide bonds. The first-order valence-corrected chi connectivity index (χ1v) is 7.00. The van der Waals surface area contributed by atoms with Crippen molar-refractivity contribution in [3.8, 4) is 0 Å².